The van der Waals surface area contributed by atoms with Crippen molar-refractivity contribution in [3.63, 3.8) is 0 Å². The molecule has 2 aromatic heterocycles. The molecule has 0 saturated carbocycles. The topological polar surface area (TPSA) is 155 Å². The lowest BCUT2D eigenvalue weighted by Crippen LogP contribution is -2.44. The Morgan fingerprint density at radius 1 is 1.00 bits per heavy atom. The van der Waals surface area contributed by atoms with Gasteiger partial charge in [-0.2, -0.15) is 0 Å². The highest BCUT2D eigenvalue weighted by atomic mass is 32.2. The number of aryl methyl sites for hydroxylation is 1. The molecule has 1 atom stereocenters. The highest BCUT2D eigenvalue weighted by molar-refractivity contribution is 7.89. The molecule has 222 valence electrons. The van der Waals surface area contributed by atoms with E-state index in [1.54, 1.807) is 30.3 Å². The second-order valence-corrected chi connectivity index (χ2v) is 12.0. The van der Waals surface area contributed by atoms with E-state index in [2.05, 4.69) is 10.5 Å². The van der Waals surface area contributed by atoms with Gasteiger partial charge in [0, 0.05) is 18.3 Å². The monoisotopic (exact) mass is 603 g/mol. The van der Waals surface area contributed by atoms with Crippen LogP contribution in [-0.4, -0.2) is 34.9 Å². The van der Waals surface area contributed by atoms with Gasteiger partial charge >= 0.3 is 5.69 Å². The maximum absolute atomic E-state index is 13.7. The predicted molar refractivity (Wildman–Crippen MR) is 161 cm³/mol. The van der Waals surface area contributed by atoms with Gasteiger partial charge in [0.1, 0.15) is 11.6 Å². The van der Waals surface area contributed by atoms with Crippen LogP contribution in [0.2, 0.25) is 0 Å². The third-order valence-corrected chi connectivity index (χ3v) is 7.19. The van der Waals surface area contributed by atoms with E-state index >= 15 is 0 Å². The molecule has 0 saturated heterocycles. The van der Waals surface area contributed by atoms with Crippen molar-refractivity contribution in [3.05, 3.63) is 111 Å². The first kappa shape index (κ1) is 29.3. The normalized spacial score (nSPS) is 12.2. The van der Waals surface area contributed by atoms with Gasteiger partial charge in [0.25, 0.3) is 11.4 Å². The summed E-state index contributed by atoms with van der Waals surface area (Å²) in [6.07, 6.45) is 0.855. The molecule has 0 radical (unpaired) electrons. The Hall–Kier alpha value is -5.17. The molecule has 5 rings (SSSR count). The zero-order valence-corrected chi connectivity index (χ0v) is 24.4. The van der Waals surface area contributed by atoms with Crippen molar-refractivity contribution in [2.45, 2.75) is 26.9 Å². The van der Waals surface area contributed by atoms with Crippen molar-refractivity contribution in [1.82, 2.24) is 19.0 Å². The number of sulfonamides is 1. The van der Waals surface area contributed by atoms with Crippen LogP contribution < -0.4 is 26.0 Å². The van der Waals surface area contributed by atoms with Crippen LogP contribution in [0.4, 0.5) is 11.5 Å². The molecule has 2 N–H and O–H groups in total. The van der Waals surface area contributed by atoms with Crippen molar-refractivity contribution in [3.8, 4) is 11.6 Å². The average molecular weight is 604 g/mol. The zero-order chi connectivity index (χ0) is 30.7. The zero-order valence-electron chi connectivity index (χ0n) is 23.6. The van der Waals surface area contributed by atoms with Crippen LogP contribution >= 0.6 is 0 Å². The van der Waals surface area contributed by atoms with E-state index < -0.39 is 33.1 Å². The summed E-state index contributed by atoms with van der Waals surface area (Å²) >= 11 is 0. The number of ether oxygens (including phenoxy) is 1. The van der Waals surface area contributed by atoms with Crippen molar-refractivity contribution < 1.29 is 22.5 Å². The number of anilines is 2. The lowest BCUT2D eigenvalue weighted by atomic mass is 10.1. The Morgan fingerprint density at radius 3 is 2.40 bits per heavy atom. The molecule has 0 bridgehead atoms. The molecular weight excluding hydrogens is 574 g/mol. The molecule has 43 heavy (non-hydrogen) atoms. The van der Waals surface area contributed by atoms with Gasteiger partial charge in [-0.25, -0.2) is 13.2 Å². The van der Waals surface area contributed by atoms with Crippen LogP contribution in [0.3, 0.4) is 0 Å². The fraction of sp³-hybridized carbons (Fsp3) is 0.200. The number of hydrogen-bond acceptors (Lipinski definition) is 9. The molecule has 13 heteroatoms. The maximum Gasteiger partial charge on any atom is 0.332 e. The third-order valence-electron chi connectivity index (χ3n) is 6.62. The van der Waals surface area contributed by atoms with Gasteiger partial charge in [-0.3, -0.25) is 23.4 Å². The summed E-state index contributed by atoms with van der Waals surface area (Å²) in [7, 11) is -3.80. The number of fused-ring (bicyclic) bond motifs is 1. The molecule has 0 fully saturated rings. The van der Waals surface area contributed by atoms with Crippen LogP contribution in [-0.2, 0) is 27.9 Å². The smallest absolute Gasteiger partial charge is 0.332 e. The first-order valence-electron chi connectivity index (χ1n) is 13.3. The minimum absolute atomic E-state index is 0.131. The minimum Gasteiger partial charge on any atom is -0.436 e. The Labute approximate surface area is 246 Å². The second kappa shape index (κ2) is 12.0. The summed E-state index contributed by atoms with van der Waals surface area (Å²) < 4.78 is 38.3. The van der Waals surface area contributed by atoms with Gasteiger partial charge in [0.2, 0.25) is 15.9 Å². The van der Waals surface area contributed by atoms with Crippen molar-refractivity contribution in [2.75, 3.05) is 11.6 Å². The largest absolute Gasteiger partial charge is 0.436 e. The van der Waals surface area contributed by atoms with E-state index in [9.17, 15) is 22.8 Å². The number of carbonyl (C=O) groups excluding carboxylic acids is 1. The van der Waals surface area contributed by atoms with E-state index in [-0.39, 0.29) is 18.9 Å². The summed E-state index contributed by atoms with van der Waals surface area (Å²) in [6, 6.07) is 23.0. The Morgan fingerprint density at radius 2 is 1.70 bits per heavy atom. The molecule has 0 unspecified atom stereocenters. The van der Waals surface area contributed by atoms with Crippen molar-refractivity contribution in [2.24, 2.45) is 5.92 Å². The molecule has 0 aliphatic heterocycles. The number of carbonyl (C=O) groups is 1. The molecular formula is C30H29N5O7S. The minimum atomic E-state index is -3.80. The molecule has 0 aliphatic rings. The Balaban J connectivity index is 1.43. The third kappa shape index (κ3) is 7.01. The number of para-hydroxylation sites is 1. The number of rotatable bonds is 10. The Bertz CT molecular complexity index is 2010. The molecule has 5 aromatic rings. The average Bonchev–Trinajstić information content (AvgIpc) is 3.37. The fourth-order valence-electron chi connectivity index (χ4n) is 4.36. The molecule has 1 amide bonds. The van der Waals surface area contributed by atoms with Gasteiger partial charge in [-0.1, -0.05) is 48.9 Å². The lowest BCUT2D eigenvalue weighted by Gasteiger charge is -2.18. The van der Waals surface area contributed by atoms with E-state index in [0.29, 0.717) is 22.9 Å². The SMILES string of the molecule is Cc1ccc(Cn2c(Nc3ccc(Oc4noc5ccccc45)cc3)cc(=O)n(C[C@H](C)C(=O)NS(C)(=O)=O)c2=O)cc1. The number of hydrogen-bond donors (Lipinski definition) is 2. The molecule has 3 aromatic carbocycles. The molecule has 0 aliphatic carbocycles. The lowest BCUT2D eigenvalue weighted by molar-refractivity contribution is -0.123. The number of amides is 1. The fourth-order valence-corrected chi connectivity index (χ4v) is 4.93. The standard InChI is InChI=1S/C30H29N5O7S/c1-19-8-10-21(11-9-19)18-34-26(16-27(36)35(30(34)38)17-20(2)28(37)33-43(3,39)40)31-22-12-14-23(15-13-22)41-29-24-6-4-5-7-25(24)42-32-29/h4-16,20,31H,17-18H2,1-3H3,(H,33,37)/t20-/m0/s1. The number of nitrogens with one attached hydrogen (secondary N) is 2. The van der Waals surface area contributed by atoms with Crippen LogP contribution in [0.5, 0.6) is 11.6 Å². The quantitative estimate of drug-likeness (QED) is 0.243. The first-order chi connectivity index (χ1) is 20.5. The summed E-state index contributed by atoms with van der Waals surface area (Å²) in [5.74, 6) is -0.732. The Kier molecular flexibility index (Phi) is 8.17. The molecule has 12 nitrogen and oxygen atoms in total. The van der Waals surface area contributed by atoms with E-state index in [1.165, 1.54) is 17.6 Å². The second-order valence-electron chi connectivity index (χ2n) is 10.2. The molecule has 2 heterocycles. The maximum atomic E-state index is 13.7. The summed E-state index contributed by atoms with van der Waals surface area (Å²) in [4.78, 5) is 39.1. The number of benzene rings is 3. The van der Waals surface area contributed by atoms with E-state index in [1.807, 2.05) is 54.1 Å². The highest BCUT2D eigenvalue weighted by Crippen LogP contribution is 2.29. The van der Waals surface area contributed by atoms with E-state index in [4.69, 9.17) is 9.26 Å². The van der Waals surface area contributed by atoms with Crippen LogP contribution in [0.1, 0.15) is 18.1 Å². The van der Waals surface area contributed by atoms with Gasteiger partial charge in [0.15, 0.2) is 5.58 Å². The van der Waals surface area contributed by atoms with Crippen LogP contribution in [0.25, 0.3) is 11.0 Å². The van der Waals surface area contributed by atoms with Crippen LogP contribution in [0, 0.1) is 12.8 Å². The first-order valence-corrected chi connectivity index (χ1v) is 15.2. The van der Waals surface area contributed by atoms with Crippen molar-refractivity contribution >= 4 is 38.4 Å². The van der Waals surface area contributed by atoms with Gasteiger partial charge < -0.3 is 14.6 Å². The van der Waals surface area contributed by atoms with Crippen molar-refractivity contribution in [1.29, 1.82) is 0 Å². The number of aromatic nitrogens is 3. The predicted octanol–water partition coefficient (Wildman–Crippen LogP) is 3.76. The molecule has 0 spiro atoms. The highest BCUT2D eigenvalue weighted by Gasteiger charge is 2.21. The van der Waals surface area contributed by atoms with Crippen LogP contribution in [0.15, 0.2) is 93.0 Å². The van der Waals surface area contributed by atoms with Gasteiger partial charge in [-0.05, 0) is 54.0 Å². The van der Waals surface area contributed by atoms with Gasteiger partial charge in [-0.15, -0.1) is 0 Å². The number of nitrogens with zero attached hydrogens (tertiary/aromatic N) is 3. The van der Waals surface area contributed by atoms with E-state index in [0.717, 1.165) is 27.3 Å². The summed E-state index contributed by atoms with van der Waals surface area (Å²) in [5, 5.41) is 7.84. The van der Waals surface area contributed by atoms with Gasteiger partial charge in [0.05, 0.1) is 24.1 Å². The summed E-state index contributed by atoms with van der Waals surface area (Å²) in [6.45, 7) is 3.21. The summed E-state index contributed by atoms with van der Waals surface area (Å²) in [5.41, 5.74) is 1.73.